The van der Waals surface area contributed by atoms with E-state index < -0.39 is 0 Å². The van der Waals surface area contributed by atoms with Crippen molar-refractivity contribution < 1.29 is 9.47 Å². The normalized spacial score (nSPS) is 22.4. The number of ether oxygens (including phenoxy) is 2. The average Bonchev–Trinajstić information content (AvgIpc) is 3.15. The summed E-state index contributed by atoms with van der Waals surface area (Å²) in [6.45, 7) is 0. The van der Waals surface area contributed by atoms with Gasteiger partial charge < -0.3 is 9.47 Å². The summed E-state index contributed by atoms with van der Waals surface area (Å²) in [6, 6.07) is 17.0. The van der Waals surface area contributed by atoms with Crippen molar-refractivity contribution in [1.82, 2.24) is 0 Å². The van der Waals surface area contributed by atoms with E-state index in [1.54, 1.807) is 7.11 Å². The Bertz CT molecular complexity index is 639. The molecule has 108 valence electrons. The van der Waals surface area contributed by atoms with Crippen molar-refractivity contribution in [2.75, 3.05) is 7.11 Å². The molecule has 2 aromatic rings. The monoisotopic (exact) mass is 280 g/mol. The zero-order valence-electron chi connectivity index (χ0n) is 12.3. The summed E-state index contributed by atoms with van der Waals surface area (Å²) < 4.78 is 11.9. The summed E-state index contributed by atoms with van der Waals surface area (Å²) in [7, 11) is 1.70. The van der Waals surface area contributed by atoms with Crippen LogP contribution in [-0.2, 0) is 10.3 Å². The third-order valence-corrected chi connectivity index (χ3v) is 4.91. The van der Waals surface area contributed by atoms with Crippen LogP contribution in [0.5, 0.6) is 5.75 Å². The van der Waals surface area contributed by atoms with Gasteiger partial charge in [0.25, 0.3) is 0 Å². The molecule has 1 atom stereocenters. The molecule has 1 saturated carbocycles. The molecule has 1 heterocycles. The van der Waals surface area contributed by atoms with Crippen molar-refractivity contribution in [2.24, 2.45) is 0 Å². The zero-order valence-corrected chi connectivity index (χ0v) is 12.3. The lowest BCUT2D eigenvalue weighted by molar-refractivity contribution is -0.0563. The quantitative estimate of drug-likeness (QED) is 0.801. The Labute approximate surface area is 125 Å². The largest absolute Gasteiger partial charge is 0.497 e. The number of hydrogen-bond acceptors (Lipinski definition) is 2. The maximum Gasteiger partial charge on any atom is 0.118 e. The molecular formula is C19H20O2. The number of hydrogen-bond donors (Lipinski definition) is 0. The Kier molecular flexibility index (Phi) is 3.00. The fraction of sp³-hybridized carbons (Fsp3) is 0.368. The highest BCUT2D eigenvalue weighted by Crippen LogP contribution is 2.54. The molecule has 2 nitrogen and oxygen atoms in total. The van der Waals surface area contributed by atoms with E-state index in [4.69, 9.17) is 9.47 Å². The molecule has 21 heavy (non-hydrogen) atoms. The van der Waals surface area contributed by atoms with Crippen LogP contribution in [0, 0.1) is 0 Å². The minimum absolute atomic E-state index is 0.0405. The first-order valence-corrected chi connectivity index (χ1v) is 7.74. The van der Waals surface area contributed by atoms with Gasteiger partial charge >= 0.3 is 0 Å². The summed E-state index contributed by atoms with van der Waals surface area (Å²) >= 11 is 0. The highest BCUT2D eigenvalue weighted by Gasteiger charge is 2.46. The number of fused-ring (bicyclic) bond motifs is 2. The van der Waals surface area contributed by atoms with Gasteiger partial charge in [0.1, 0.15) is 11.9 Å². The summed E-state index contributed by atoms with van der Waals surface area (Å²) in [5, 5.41) is 0. The lowest BCUT2D eigenvalue weighted by atomic mass is 9.89. The summed E-state index contributed by atoms with van der Waals surface area (Å²) in [4.78, 5) is 0. The summed E-state index contributed by atoms with van der Waals surface area (Å²) in [5.74, 6) is 0.889. The molecule has 0 bridgehead atoms. The third-order valence-electron chi connectivity index (χ3n) is 4.91. The average molecular weight is 280 g/mol. The summed E-state index contributed by atoms with van der Waals surface area (Å²) in [6.07, 6.45) is 4.89. The SMILES string of the molecule is COc1ccc([C@@H]2OC3(CCCC3)c3ccccc32)cc1. The Morgan fingerprint density at radius 2 is 1.71 bits per heavy atom. The maximum absolute atomic E-state index is 6.60. The van der Waals surface area contributed by atoms with Gasteiger partial charge in [-0.15, -0.1) is 0 Å². The highest BCUT2D eigenvalue weighted by molar-refractivity contribution is 5.44. The van der Waals surface area contributed by atoms with Gasteiger partial charge in [0.15, 0.2) is 0 Å². The Balaban J connectivity index is 1.76. The van der Waals surface area contributed by atoms with Crippen LogP contribution >= 0.6 is 0 Å². The Hall–Kier alpha value is -1.80. The first kappa shape index (κ1) is 12.9. The van der Waals surface area contributed by atoms with Gasteiger partial charge in [0, 0.05) is 0 Å². The van der Waals surface area contributed by atoms with Crippen LogP contribution in [0.3, 0.4) is 0 Å². The molecule has 1 aliphatic carbocycles. The lowest BCUT2D eigenvalue weighted by Crippen LogP contribution is -2.21. The molecule has 4 rings (SSSR count). The molecule has 2 aliphatic rings. The predicted molar refractivity (Wildman–Crippen MR) is 82.5 cm³/mol. The Morgan fingerprint density at radius 3 is 2.43 bits per heavy atom. The maximum atomic E-state index is 6.60. The summed E-state index contributed by atoms with van der Waals surface area (Å²) in [5.41, 5.74) is 3.92. The van der Waals surface area contributed by atoms with Crippen LogP contribution < -0.4 is 4.74 Å². The minimum atomic E-state index is -0.0405. The van der Waals surface area contributed by atoms with Crippen molar-refractivity contribution in [3.63, 3.8) is 0 Å². The van der Waals surface area contributed by atoms with Crippen molar-refractivity contribution in [2.45, 2.75) is 37.4 Å². The van der Waals surface area contributed by atoms with Crippen molar-refractivity contribution in [1.29, 1.82) is 0 Å². The second kappa shape index (κ2) is 4.88. The topological polar surface area (TPSA) is 18.5 Å². The van der Waals surface area contributed by atoms with Gasteiger partial charge in [0.05, 0.1) is 12.7 Å². The molecule has 0 radical (unpaired) electrons. The fourth-order valence-corrected chi connectivity index (χ4v) is 3.85. The first-order valence-electron chi connectivity index (χ1n) is 7.74. The van der Waals surface area contributed by atoms with E-state index in [9.17, 15) is 0 Å². The molecular weight excluding hydrogens is 260 g/mol. The van der Waals surface area contributed by atoms with Crippen LogP contribution in [0.2, 0.25) is 0 Å². The standard InChI is InChI=1S/C19H20O2/c1-20-15-10-8-14(9-11-15)18-16-6-2-3-7-17(16)19(21-18)12-4-5-13-19/h2-3,6-11,18H,4-5,12-13H2,1H3/t18-/m0/s1. The molecule has 2 aromatic carbocycles. The zero-order chi connectivity index (χ0) is 14.3. The van der Waals surface area contributed by atoms with E-state index in [-0.39, 0.29) is 11.7 Å². The predicted octanol–water partition coefficient (Wildman–Crippen LogP) is 4.58. The van der Waals surface area contributed by atoms with Crippen LogP contribution in [0.4, 0.5) is 0 Å². The molecule has 0 amide bonds. The smallest absolute Gasteiger partial charge is 0.118 e. The second-order valence-corrected chi connectivity index (χ2v) is 6.06. The minimum Gasteiger partial charge on any atom is -0.497 e. The second-order valence-electron chi connectivity index (χ2n) is 6.06. The van der Waals surface area contributed by atoms with E-state index in [0.29, 0.717) is 0 Å². The van der Waals surface area contributed by atoms with E-state index in [1.807, 2.05) is 12.1 Å². The number of rotatable bonds is 2. The van der Waals surface area contributed by atoms with Crippen molar-refractivity contribution in [3.8, 4) is 5.75 Å². The van der Waals surface area contributed by atoms with Gasteiger partial charge in [-0.1, -0.05) is 49.2 Å². The van der Waals surface area contributed by atoms with Gasteiger partial charge in [-0.2, -0.15) is 0 Å². The van der Waals surface area contributed by atoms with E-state index >= 15 is 0 Å². The molecule has 0 unspecified atom stereocenters. The van der Waals surface area contributed by atoms with Crippen molar-refractivity contribution in [3.05, 3.63) is 65.2 Å². The van der Waals surface area contributed by atoms with E-state index in [0.717, 1.165) is 18.6 Å². The van der Waals surface area contributed by atoms with E-state index in [1.165, 1.54) is 29.5 Å². The molecule has 1 fully saturated rings. The molecule has 1 aliphatic heterocycles. The first-order chi connectivity index (χ1) is 10.3. The molecule has 0 saturated heterocycles. The van der Waals surface area contributed by atoms with Crippen LogP contribution in [0.15, 0.2) is 48.5 Å². The van der Waals surface area contributed by atoms with Gasteiger partial charge in [0.2, 0.25) is 0 Å². The van der Waals surface area contributed by atoms with Crippen LogP contribution in [0.1, 0.15) is 48.5 Å². The molecule has 2 heteroatoms. The third kappa shape index (κ3) is 1.97. The Morgan fingerprint density at radius 1 is 1.00 bits per heavy atom. The fourth-order valence-electron chi connectivity index (χ4n) is 3.85. The van der Waals surface area contributed by atoms with Gasteiger partial charge in [-0.05, 0) is 41.7 Å². The van der Waals surface area contributed by atoms with Gasteiger partial charge in [-0.3, -0.25) is 0 Å². The number of benzene rings is 2. The van der Waals surface area contributed by atoms with Crippen molar-refractivity contribution >= 4 is 0 Å². The van der Waals surface area contributed by atoms with Crippen LogP contribution in [-0.4, -0.2) is 7.11 Å². The van der Waals surface area contributed by atoms with Gasteiger partial charge in [-0.25, -0.2) is 0 Å². The lowest BCUT2D eigenvalue weighted by Gasteiger charge is -2.25. The van der Waals surface area contributed by atoms with E-state index in [2.05, 4.69) is 36.4 Å². The molecule has 0 aromatic heterocycles. The molecule has 1 spiro atoms. The molecule has 0 N–H and O–H groups in total. The highest BCUT2D eigenvalue weighted by atomic mass is 16.5. The number of methoxy groups -OCH3 is 1. The van der Waals surface area contributed by atoms with Crippen LogP contribution in [0.25, 0.3) is 0 Å².